The highest BCUT2D eigenvalue weighted by atomic mass is 32.2. The highest BCUT2D eigenvalue weighted by molar-refractivity contribution is 7.99. The normalized spacial score (nSPS) is 13.9. The minimum atomic E-state index is 0.159. The van der Waals surface area contributed by atoms with E-state index in [0.717, 1.165) is 16.5 Å². The van der Waals surface area contributed by atoms with Crippen LogP contribution in [0, 0.1) is 19.3 Å². The molecule has 16 heavy (non-hydrogen) atoms. The van der Waals surface area contributed by atoms with Crippen LogP contribution in [0.2, 0.25) is 0 Å². The molecule has 90 valence electrons. The van der Waals surface area contributed by atoms with Crippen molar-refractivity contribution in [2.45, 2.75) is 45.7 Å². The summed E-state index contributed by atoms with van der Waals surface area (Å²) >= 11 is 1.75. The molecular formula is C13H22N2S. The first kappa shape index (κ1) is 13.5. The van der Waals surface area contributed by atoms with Crippen LogP contribution < -0.4 is 5.73 Å². The van der Waals surface area contributed by atoms with E-state index in [0.29, 0.717) is 0 Å². The largest absolute Gasteiger partial charge is 0.326 e. The third-order valence-corrected chi connectivity index (χ3v) is 3.63. The fourth-order valence-electron chi connectivity index (χ4n) is 1.30. The van der Waals surface area contributed by atoms with Crippen LogP contribution in [0.25, 0.3) is 0 Å². The monoisotopic (exact) mass is 238 g/mol. The molecule has 1 heterocycles. The number of hydrogen-bond acceptors (Lipinski definition) is 3. The van der Waals surface area contributed by atoms with Crippen molar-refractivity contribution in [3.05, 3.63) is 23.4 Å². The van der Waals surface area contributed by atoms with Gasteiger partial charge in [-0.1, -0.05) is 20.8 Å². The third-order valence-electron chi connectivity index (χ3n) is 2.60. The van der Waals surface area contributed by atoms with Crippen LogP contribution >= 0.6 is 11.8 Å². The van der Waals surface area contributed by atoms with Gasteiger partial charge in [-0.25, -0.2) is 4.98 Å². The van der Waals surface area contributed by atoms with Crippen molar-refractivity contribution in [3.63, 3.8) is 0 Å². The summed E-state index contributed by atoms with van der Waals surface area (Å²) < 4.78 is 0. The average Bonchev–Trinajstić information content (AvgIpc) is 2.11. The van der Waals surface area contributed by atoms with E-state index in [1.165, 1.54) is 5.56 Å². The van der Waals surface area contributed by atoms with Gasteiger partial charge in [0.1, 0.15) is 0 Å². The fraction of sp³-hybridized carbons (Fsp3) is 0.615. The molecule has 1 unspecified atom stereocenters. The lowest BCUT2D eigenvalue weighted by molar-refractivity contribution is 0.344. The Morgan fingerprint density at radius 2 is 1.94 bits per heavy atom. The number of hydrogen-bond donors (Lipinski definition) is 1. The summed E-state index contributed by atoms with van der Waals surface area (Å²) in [5, 5.41) is 1.08. The fourth-order valence-corrected chi connectivity index (χ4v) is 2.63. The number of pyridine rings is 1. The molecule has 0 aliphatic rings. The summed E-state index contributed by atoms with van der Waals surface area (Å²) in [6.45, 7) is 10.6. The zero-order valence-corrected chi connectivity index (χ0v) is 11.7. The van der Waals surface area contributed by atoms with E-state index in [1.54, 1.807) is 11.8 Å². The van der Waals surface area contributed by atoms with Gasteiger partial charge in [0, 0.05) is 17.5 Å². The first-order valence-corrected chi connectivity index (χ1v) is 6.61. The van der Waals surface area contributed by atoms with Gasteiger partial charge >= 0.3 is 0 Å². The summed E-state index contributed by atoms with van der Waals surface area (Å²) in [4.78, 5) is 4.50. The average molecular weight is 238 g/mol. The van der Waals surface area contributed by atoms with E-state index in [2.05, 4.69) is 44.8 Å². The van der Waals surface area contributed by atoms with E-state index in [4.69, 9.17) is 5.73 Å². The minimum absolute atomic E-state index is 0.159. The molecule has 1 atom stereocenters. The van der Waals surface area contributed by atoms with Gasteiger partial charge < -0.3 is 5.73 Å². The lowest BCUT2D eigenvalue weighted by Gasteiger charge is -2.26. The first-order chi connectivity index (χ1) is 7.29. The Hall–Kier alpha value is -0.540. The predicted molar refractivity (Wildman–Crippen MR) is 71.9 cm³/mol. The number of aromatic nitrogens is 1. The third kappa shape index (κ3) is 4.14. The molecule has 0 amide bonds. The number of rotatable bonds is 3. The van der Waals surface area contributed by atoms with E-state index >= 15 is 0 Å². The van der Waals surface area contributed by atoms with Gasteiger partial charge in [-0.15, -0.1) is 11.8 Å². The van der Waals surface area contributed by atoms with Gasteiger partial charge in [0.05, 0.1) is 5.03 Å². The van der Waals surface area contributed by atoms with Gasteiger partial charge in [-0.3, -0.25) is 0 Å². The lowest BCUT2D eigenvalue weighted by Crippen LogP contribution is -2.37. The molecule has 1 rings (SSSR count). The van der Waals surface area contributed by atoms with Crippen LogP contribution in [0.4, 0.5) is 0 Å². The quantitative estimate of drug-likeness (QED) is 0.822. The van der Waals surface area contributed by atoms with Crippen molar-refractivity contribution < 1.29 is 0 Å². The lowest BCUT2D eigenvalue weighted by atomic mass is 9.89. The Morgan fingerprint density at radius 3 is 2.44 bits per heavy atom. The standard InChI is InChI=1S/C13H22N2S/c1-9-6-10(2)15-12(7-9)16-8-11(14)13(3,4)5/h6-7,11H,8,14H2,1-5H3. The molecule has 0 fully saturated rings. The van der Waals surface area contributed by atoms with Gasteiger partial charge in [0.15, 0.2) is 0 Å². The zero-order chi connectivity index (χ0) is 12.3. The number of aryl methyl sites for hydroxylation is 2. The number of thioether (sulfide) groups is 1. The molecule has 0 aromatic carbocycles. The summed E-state index contributed by atoms with van der Waals surface area (Å²) in [5.41, 5.74) is 8.62. The summed E-state index contributed by atoms with van der Waals surface area (Å²) in [7, 11) is 0. The van der Waals surface area contributed by atoms with Gasteiger partial charge in [0.25, 0.3) is 0 Å². The maximum Gasteiger partial charge on any atom is 0.0966 e. The Kier molecular flexibility index (Phi) is 4.39. The maximum absolute atomic E-state index is 6.13. The number of nitrogens with two attached hydrogens (primary N) is 1. The van der Waals surface area contributed by atoms with E-state index in [-0.39, 0.29) is 11.5 Å². The highest BCUT2D eigenvalue weighted by Crippen LogP contribution is 2.24. The SMILES string of the molecule is Cc1cc(C)nc(SCC(N)C(C)(C)C)c1. The van der Waals surface area contributed by atoms with Crippen LogP contribution in [0.15, 0.2) is 17.2 Å². The van der Waals surface area contributed by atoms with Crippen LogP contribution in [-0.4, -0.2) is 16.8 Å². The number of nitrogens with zero attached hydrogens (tertiary/aromatic N) is 1. The summed E-state index contributed by atoms with van der Waals surface area (Å²) in [5.74, 6) is 0.916. The molecule has 1 aromatic heterocycles. The molecule has 1 aromatic rings. The van der Waals surface area contributed by atoms with Gasteiger partial charge in [0.2, 0.25) is 0 Å². The molecule has 0 spiro atoms. The van der Waals surface area contributed by atoms with Crippen LogP contribution in [-0.2, 0) is 0 Å². The Bertz CT molecular complexity index is 335. The van der Waals surface area contributed by atoms with Gasteiger partial charge in [-0.05, 0) is 37.0 Å². The second-order valence-corrected chi connectivity index (χ2v) is 6.45. The maximum atomic E-state index is 6.13. The minimum Gasteiger partial charge on any atom is -0.326 e. The molecule has 0 aliphatic heterocycles. The molecular weight excluding hydrogens is 216 g/mol. The summed E-state index contributed by atoms with van der Waals surface area (Å²) in [6.07, 6.45) is 0. The Labute approximate surface area is 103 Å². The molecule has 0 radical (unpaired) electrons. The summed E-state index contributed by atoms with van der Waals surface area (Å²) in [6, 6.07) is 4.40. The molecule has 2 N–H and O–H groups in total. The van der Waals surface area contributed by atoms with Crippen LogP contribution in [0.5, 0.6) is 0 Å². The molecule has 2 nitrogen and oxygen atoms in total. The van der Waals surface area contributed by atoms with Crippen molar-refractivity contribution >= 4 is 11.8 Å². The van der Waals surface area contributed by atoms with E-state index < -0.39 is 0 Å². The van der Waals surface area contributed by atoms with Crippen molar-refractivity contribution in [3.8, 4) is 0 Å². The van der Waals surface area contributed by atoms with Crippen molar-refractivity contribution in [1.82, 2.24) is 4.98 Å². The van der Waals surface area contributed by atoms with Gasteiger partial charge in [-0.2, -0.15) is 0 Å². The Balaban J connectivity index is 2.61. The zero-order valence-electron chi connectivity index (χ0n) is 10.9. The van der Waals surface area contributed by atoms with Crippen molar-refractivity contribution in [2.75, 3.05) is 5.75 Å². The van der Waals surface area contributed by atoms with E-state index in [1.807, 2.05) is 6.92 Å². The highest BCUT2D eigenvalue weighted by Gasteiger charge is 2.20. The predicted octanol–water partition coefficient (Wildman–Crippen LogP) is 3.16. The first-order valence-electron chi connectivity index (χ1n) is 5.62. The van der Waals surface area contributed by atoms with Crippen LogP contribution in [0.1, 0.15) is 32.0 Å². The van der Waals surface area contributed by atoms with E-state index in [9.17, 15) is 0 Å². The molecule has 0 aliphatic carbocycles. The smallest absolute Gasteiger partial charge is 0.0966 e. The Morgan fingerprint density at radius 1 is 1.31 bits per heavy atom. The topological polar surface area (TPSA) is 38.9 Å². The van der Waals surface area contributed by atoms with Crippen LogP contribution in [0.3, 0.4) is 0 Å². The molecule has 0 saturated carbocycles. The second-order valence-electron chi connectivity index (χ2n) is 5.41. The molecule has 3 heteroatoms. The molecule has 0 bridgehead atoms. The van der Waals surface area contributed by atoms with Crippen molar-refractivity contribution in [2.24, 2.45) is 11.1 Å². The van der Waals surface area contributed by atoms with Crippen molar-refractivity contribution in [1.29, 1.82) is 0 Å². The second kappa shape index (κ2) is 5.19. The molecule has 0 saturated heterocycles.